The minimum Gasteiger partial charge on any atom is -0.504 e. The highest BCUT2D eigenvalue weighted by Gasteiger charge is 2.22. The van der Waals surface area contributed by atoms with Gasteiger partial charge < -0.3 is 20.7 Å². The van der Waals surface area contributed by atoms with Gasteiger partial charge in [-0.25, -0.2) is 0 Å². The van der Waals surface area contributed by atoms with Crippen molar-refractivity contribution in [2.75, 3.05) is 26.3 Å². The molecule has 0 aliphatic rings. The van der Waals surface area contributed by atoms with E-state index in [2.05, 4.69) is 0 Å². The highest BCUT2D eigenvalue weighted by Crippen LogP contribution is 2.31. The molecule has 1 aromatic rings. The summed E-state index contributed by atoms with van der Waals surface area (Å²) in [5.41, 5.74) is 6.68. The van der Waals surface area contributed by atoms with Gasteiger partial charge in [-0.05, 0) is 31.2 Å². The number of benzene rings is 1. The van der Waals surface area contributed by atoms with Gasteiger partial charge in [0.2, 0.25) is 0 Å². The maximum atomic E-state index is 9.74. The fourth-order valence-electron chi connectivity index (χ4n) is 2.13. The second kappa shape index (κ2) is 8.04. The van der Waals surface area contributed by atoms with Crippen LogP contribution < -0.4 is 10.5 Å². The number of hydrogen-bond donors (Lipinski definition) is 3. The molecule has 112 valence electrons. The van der Waals surface area contributed by atoms with E-state index in [1.807, 2.05) is 18.7 Å². The van der Waals surface area contributed by atoms with Crippen LogP contribution in [0.25, 0.3) is 0 Å². The largest absolute Gasteiger partial charge is 0.504 e. The number of aliphatic hydroxyl groups excluding tert-OH is 1. The second-order valence-corrected chi connectivity index (χ2v) is 4.79. The van der Waals surface area contributed by atoms with Gasteiger partial charge in [-0.3, -0.25) is 4.90 Å². The Bertz CT molecular complexity index is 454. The molecule has 0 heterocycles. The number of hydrogen-bond acceptors (Lipinski definition) is 5. The first kappa shape index (κ1) is 16.7. The third kappa shape index (κ3) is 4.06. The molecule has 0 aromatic heterocycles. The lowest BCUT2D eigenvalue weighted by Crippen LogP contribution is -2.38. The summed E-state index contributed by atoms with van der Waals surface area (Å²) in [4.78, 5) is 2.30. The summed E-state index contributed by atoms with van der Waals surface area (Å²) < 4.78 is 5.38. The zero-order valence-corrected chi connectivity index (χ0v) is 12.7. The Balaban J connectivity index is 3.14. The van der Waals surface area contributed by atoms with Crippen molar-refractivity contribution in [2.45, 2.75) is 19.9 Å². The molecule has 0 aliphatic carbocycles. The number of nitrogens with zero attached hydrogens (tertiary/aromatic N) is 1. The smallest absolute Gasteiger partial charge is 0.161 e. The molecule has 4 N–H and O–H groups in total. The summed E-state index contributed by atoms with van der Waals surface area (Å²) in [6, 6.07) is 4.78. The van der Waals surface area contributed by atoms with Gasteiger partial charge in [0.1, 0.15) is 0 Å². The van der Waals surface area contributed by atoms with E-state index in [9.17, 15) is 5.11 Å². The summed E-state index contributed by atoms with van der Waals surface area (Å²) in [5, 5.41) is 18.9. The van der Waals surface area contributed by atoms with Crippen LogP contribution >= 0.6 is 12.2 Å². The summed E-state index contributed by atoms with van der Waals surface area (Å²) in [7, 11) is 0. The number of aromatic hydroxyl groups is 1. The van der Waals surface area contributed by atoms with Crippen LogP contribution in [0.15, 0.2) is 18.2 Å². The van der Waals surface area contributed by atoms with E-state index in [0.29, 0.717) is 30.4 Å². The SMILES string of the molecule is CCOc1cc(C(C(N)=S)N(CC)CCO)ccc1O. The molecule has 6 heteroatoms. The van der Waals surface area contributed by atoms with E-state index >= 15 is 0 Å². The van der Waals surface area contributed by atoms with Crippen molar-refractivity contribution in [3.05, 3.63) is 23.8 Å². The normalized spacial score (nSPS) is 12.4. The fraction of sp³-hybridized carbons (Fsp3) is 0.500. The Morgan fingerprint density at radius 2 is 2.15 bits per heavy atom. The monoisotopic (exact) mass is 298 g/mol. The van der Waals surface area contributed by atoms with E-state index in [1.165, 1.54) is 0 Å². The average molecular weight is 298 g/mol. The Morgan fingerprint density at radius 3 is 2.65 bits per heavy atom. The number of phenols is 1. The molecular weight excluding hydrogens is 276 g/mol. The lowest BCUT2D eigenvalue weighted by atomic mass is 10.0. The number of aliphatic hydroxyl groups is 1. The van der Waals surface area contributed by atoms with E-state index in [-0.39, 0.29) is 18.4 Å². The first-order chi connectivity index (χ1) is 9.54. The van der Waals surface area contributed by atoms with Crippen LogP contribution in [0, 0.1) is 0 Å². The van der Waals surface area contributed by atoms with Crippen molar-refractivity contribution >= 4 is 17.2 Å². The third-order valence-corrected chi connectivity index (χ3v) is 3.25. The first-order valence-electron chi connectivity index (χ1n) is 6.65. The second-order valence-electron chi connectivity index (χ2n) is 4.32. The van der Waals surface area contributed by atoms with Crippen LogP contribution in [-0.4, -0.2) is 46.4 Å². The number of nitrogens with two attached hydrogens (primary N) is 1. The molecule has 0 saturated heterocycles. The van der Waals surface area contributed by atoms with E-state index in [1.54, 1.807) is 18.2 Å². The Morgan fingerprint density at radius 1 is 1.45 bits per heavy atom. The third-order valence-electron chi connectivity index (χ3n) is 3.03. The molecule has 20 heavy (non-hydrogen) atoms. The van der Waals surface area contributed by atoms with Gasteiger partial charge in [0.15, 0.2) is 11.5 Å². The quantitative estimate of drug-likeness (QED) is 0.630. The van der Waals surface area contributed by atoms with Gasteiger partial charge in [0.05, 0.1) is 24.2 Å². The summed E-state index contributed by atoms with van der Waals surface area (Å²) in [6.45, 7) is 5.50. The van der Waals surface area contributed by atoms with Crippen LogP contribution in [0.2, 0.25) is 0 Å². The number of likely N-dealkylation sites (N-methyl/N-ethyl adjacent to an activating group) is 1. The van der Waals surface area contributed by atoms with Crippen LogP contribution in [0.3, 0.4) is 0 Å². The number of ether oxygens (including phenoxy) is 1. The molecule has 1 unspecified atom stereocenters. The topological polar surface area (TPSA) is 79.0 Å². The lowest BCUT2D eigenvalue weighted by Gasteiger charge is -2.30. The highest BCUT2D eigenvalue weighted by molar-refractivity contribution is 7.80. The van der Waals surface area contributed by atoms with Crippen molar-refractivity contribution in [1.82, 2.24) is 4.90 Å². The number of thiocarbonyl (C=S) groups is 1. The van der Waals surface area contributed by atoms with Gasteiger partial charge in [-0.1, -0.05) is 25.2 Å². The summed E-state index contributed by atoms with van der Waals surface area (Å²) in [5.74, 6) is 0.494. The lowest BCUT2D eigenvalue weighted by molar-refractivity contribution is 0.185. The van der Waals surface area contributed by atoms with Gasteiger partial charge >= 0.3 is 0 Å². The molecule has 0 saturated carbocycles. The first-order valence-corrected chi connectivity index (χ1v) is 7.05. The molecule has 0 bridgehead atoms. The minimum absolute atomic E-state index is 0.0311. The highest BCUT2D eigenvalue weighted by atomic mass is 32.1. The predicted octanol–water partition coefficient (Wildman–Crippen LogP) is 1.43. The molecule has 1 atom stereocenters. The van der Waals surface area contributed by atoms with Gasteiger partial charge in [-0.2, -0.15) is 0 Å². The van der Waals surface area contributed by atoms with Crippen molar-refractivity contribution in [2.24, 2.45) is 5.73 Å². The maximum Gasteiger partial charge on any atom is 0.161 e. The van der Waals surface area contributed by atoms with Crippen molar-refractivity contribution in [3.8, 4) is 11.5 Å². The van der Waals surface area contributed by atoms with Gasteiger partial charge in [0.25, 0.3) is 0 Å². The minimum atomic E-state index is -0.290. The molecule has 1 aromatic carbocycles. The molecule has 0 fully saturated rings. The zero-order chi connectivity index (χ0) is 15.1. The Labute approximate surface area is 125 Å². The van der Waals surface area contributed by atoms with Crippen molar-refractivity contribution in [3.63, 3.8) is 0 Å². The maximum absolute atomic E-state index is 9.74. The fourth-order valence-corrected chi connectivity index (χ4v) is 2.41. The van der Waals surface area contributed by atoms with E-state index in [0.717, 1.165) is 5.56 Å². The van der Waals surface area contributed by atoms with Crippen LogP contribution in [0.5, 0.6) is 11.5 Å². The number of phenolic OH excluding ortho intramolecular Hbond substituents is 1. The zero-order valence-electron chi connectivity index (χ0n) is 11.9. The van der Waals surface area contributed by atoms with Gasteiger partial charge in [0, 0.05) is 6.54 Å². The Kier molecular flexibility index (Phi) is 6.70. The standard InChI is InChI=1S/C14H22N2O3S/c1-3-16(7-8-17)13(14(15)20)10-5-6-11(18)12(9-10)19-4-2/h5-6,9,13,17-18H,3-4,7-8H2,1-2H3,(H2,15,20). The average Bonchev–Trinajstić information content (AvgIpc) is 2.41. The van der Waals surface area contributed by atoms with Crippen molar-refractivity contribution < 1.29 is 14.9 Å². The number of rotatable bonds is 8. The Hall–Kier alpha value is -1.37. The molecule has 0 amide bonds. The summed E-state index contributed by atoms with van der Waals surface area (Å²) >= 11 is 5.15. The molecular formula is C14H22N2O3S. The predicted molar refractivity (Wildman–Crippen MR) is 83.1 cm³/mol. The summed E-state index contributed by atoms with van der Waals surface area (Å²) in [6.07, 6.45) is 0. The van der Waals surface area contributed by atoms with Crippen LogP contribution in [0.1, 0.15) is 25.5 Å². The molecule has 5 nitrogen and oxygen atoms in total. The van der Waals surface area contributed by atoms with Crippen molar-refractivity contribution in [1.29, 1.82) is 0 Å². The van der Waals surface area contributed by atoms with E-state index < -0.39 is 0 Å². The van der Waals surface area contributed by atoms with Gasteiger partial charge in [-0.15, -0.1) is 0 Å². The van der Waals surface area contributed by atoms with E-state index in [4.69, 9.17) is 27.8 Å². The molecule has 0 spiro atoms. The molecule has 0 aliphatic heterocycles. The molecule has 0 radical (unpaired) electrons. The van der Waals surface area contributed by atoms with Crippen LogP contribution in [0.4, 0.5) is 0 Å². The van der Waals surface area contributed by atoms with Crippen LogP contribution in [-0.2, 0) is 0 Å². The molecule has 1 rings (SSSR count).